The fraction of sp³-hybridized carbons (Fsp3) is 0.533. The van der Waals surface area contributed by atoms with Crippen LogP contribution in [-0.4, -0.2) is 17.1 Å². The molecule has 4 heteroatoms. The van der Waals surface area contributed by atoms with Crippen molar-refractivity contribution in [3.63, 3.8) is 0 Å². The van der Waals surface area contributed by atoms with E-state index in [0.717, 1.165) is 29.5 Å². The van der Waals surface area contributed by atoms with E-state index in [9.17, 15) is 0 Å². The second-order valence-corrected chi connectivity index (χ2v) is 5.80. The number of benzene rings is 1. The van der Waals surface area contributed by atoms with Crippen LogP contribution < -0.4 is 11.1 Å². The number of hydrogen-bond donors (Lipinski definition) is 3. The van der Waals surface area contributed by atoms with Crippen LogP contribution in [0.2, 0.25) is 0 Å². The quantitative estimate of drug-likeness (QED) is 0.335. The molecule has 1 aromatic carbocycles. The van der Waals surface area contributed by atoms with Crippen LogP contribution in [-0.2, 0) is 6.54 Å². The third-order valence-electron chi connectivity index (χ3n) is 4.69. The van der Waals surface area contributed by atoms with Crippen molar-refractivity contribution in [3.05, 3.63) is 35.4 Å². The van der Waals surface area contributed by atoms with E-state index in [1.807, 2.05) is 24.3 Å². The van der Waals surface area contributed by atoms with E-state index in [-0.39, 0.29) is 5.84 Å². The Hall–Kier alpha value is -1.55. The number of nitrogens with zero attached hydrogens (tertiary/aromatic N) is 1. The number of amidine groups is 1. The van der Waals surface area contributed by atoms with E-state index >= 15 is 0 Å². The maximum Gasteiger partial charge on any atom is 0.170 e. The first-order valence-electron chi connectivity index (χ1n) is 7.07. The third-order valence-corrected chi connectivity index (χ3v) is 4.69. The van der Waals surface area contributed by atoms with E-state index < -0.39 is 0 Å². The van der Waals surface area contributed by atoms with Crippen LogP contribution in [0.15, 0.2) is 29.4 Å². The molecule has 1 aromatic rings. The van der Waals surface area contributed by atoms with E-state index in [1.54, 1.807) is 0 Å². The van der Waals surface area contributed by atoms with Gasteiger partial charge in [-0.1, -0.05) is 35.8 Å². The maximum atomic E-state index is 8.82. The number of hydrogen-bond acceptors (Lipinski definition) is 3. The van der Waals surface area contributed by atoms with E-state index in [0.29, 0.717) is 6.04 Å². The monoisotopic (exact) mass is 259 g/mol. The number of nitrogens with two attached hydrogens (primary N) is 1. The molecule has 4 N–H and O–H groups in total. The first kappa shape index (κ1) is 12.5. The molecule has 3 atom stereocenters. The second kappa shape index (κ2) is 5.21. The van der Waals surface area contributed by atoms with Crippen molar-refractivity contribution < 1.29 is 5.21 Å². The predicted octanol–water partition coefficient (Wildman–Crippen LogP) is 2.06. The molecule has 2 fully saturated rings. The lowest BCUT2D eigenvalue weighted by Gasteiger charge is -2.23. The third kappa shape index (κ3) is 2.45. The lowest BCUT2D eigenvalue weighted by molar-refractivity contribution is 0.318. The summed E-state index contributed by atoms with van der Waals surface area (Å²) in [6.45, 7) is 0.792. The van der Waals surface area contributed by atoms with Crippen LogP contribution in [0, 0.1) is 11.8 Å². The Morgan fingerprint density at radius 1 is 1.32 bits per heavy atom. The maximum absolute atomic E-state index is 8.82. The average molecular weight is 259 g/mol. The normalized spacial score (nSPS) is 29.9. The molecule has 0 aliphatic heterocycles. The summed E-state index contributed by atoms with van der Waals surface area (Å²) in [5, 5.41) is 15.6. The van der Waals surface area contributed by atoms with Crippen LogP contribution in [0.4, 0.5) is 0 Å². The molecule has 0 heterocycles. The molecular formula is C15H21N3O. The lowest BCUT2D eigenvalue weighted by atomic mass is 9.95. The van der Waals surface area contributed by atoms with Gasteiger partial charge in [-0.2, -0.15) is 0 Å². The molecule has 2 saturated carbocycles. The summed E-state index contributed by atoms with van der Waals surface area (Å²) in [5.74, 6) is 1.99. The van der Waals surface area contributed by atoms with Crippen molar-refractivity contribution in [3.8, 4) is 0 Å². The Bertz CT molecular complexity index is 486. The standard InChI is InChI=1S/C15H21N3O/c16-15(18-19)13-4-2-1-3-12(13)9-17-14-8-10-5-6-11(14)7-10/h1-4,10-11,14,17,19H,5-9H2,(H2,16,18). The topological polar surface area (TPSA) is 70.6 Å². The summed E-state index contributed by atoms with van der Waals surface area (Å²) in [7, 11) is 0. The fourth-order valence-electron chi connectivity index (χ4n) is 3.71. The minimum absolute atomic E-state index is 0.186. The van der Waals surface area contributed by atoms with Gasteiger partial charge in [0.2, 0.25) is 0 Å². The minimum atomic E-state index is 0.186. The van der Waals surface area contributed by atoms with Gasteiger partial charge in [-0.25, -0.2) is 0 Å². The molecule has 19 heavy (non-hydrogen) atoms. The van der Waals surface area contributed by atoms with Gasteiger partial charge in [-0.05, 0) is 36.7 Å². The van der Waals surface area contributed by atoms with Crippen molar-refractivity contribution in [2.24, 2.45) is 22.7 Å². The summed E-state index contributed by atoms with van der Waals surface area (Å²) in [6, 6.07) is 8.49. The molecule has 2 bridgehead atoms. The Morgan fingerprint density at radius 3 is 2.84 bits per heavy atom. The van der Waals surface area contributed by atoms with Crippen LogP contribution >= 0.6 is 0 Å². The molecule has 3 rings (SSSR count). The summed E-state index contributed by atoms with van der Waals surface area (Å²) < 4.78 is 0. The number of oxime groups is 1. The zero-order chi connectivity index (χ0) is 13.2. The minimum Gasteiger partial charge on any atom is -0.409 e. The molecule has 4 nitrogen and oxygen atoms in total. The van der Waals surface area contributed by atoms with Crippen molar-refractivity contribution in [2.75, 3.05) is 0 Å². The Morgan fingerprint density at radius 2 is 2.16 bits per heavy atom. The smallest absolute Gasteiger partial charge is 0.170 e. The van der Waals surface area contributed by atoms with E-state index in [4.69, 9.17) is 10.9 Å². The Labute approximate surface area is 113 Å². The highest BCUT2D eigenvalue weighted by molar-refractivity contribution is 5.98. The number of fused-ring (bicyclic) bond motifs is 2. The van der Waals surface area contributed by atoms with Crippen molar-refractivity contribution >= 4 is 5.84 Å². The van der Waals surface area contributed by atoms with Gasteiger partial charge in [0.15, 0.2) is 5.84 Å². The van der Waals surface area contributed by atoms with Crippen molar-refractivity contribution in [1.29, 1.82) is 0 Å². The Balaban J connectivity index is 1.67. The second-order valence-electron chi connectivity index (χ2n) is 5.80. The summed E-state index contributed by atoms with van der Waals surface area (Å²) in [6.07, 6.45) is 5.52. The zero-order valence-electron chi connectivity index (χ0n) is 11.0. The van der Waals surface area contributed by atoms with Crippen LogP contribution in [0.5, 0.6) is 0 Å². The van der Waals surface area contributed by atoms with Gasteiger partial charge in [-0.3, -0.25) is 0 Å². The molecule has 2 aliphatic rings. The van der Waals surface area contributed by atoms with E-state index in [2.05, 4.69) is 10.5 Å². The van der Waals surface area contributed by atoms with Crippen molar-refractivity contribution in [2.45, 2.75) is 38.3 Å². The van der Waals surface area contributed by atoms with Gasteiger partial charge in [0.1, 0.15) is 0 Å². The van der Waals surface area contributed by atoms with Crippen molar-refractivity contribution in [1.82, 2.24) is 5.32 Å². The largest absolute Gasteiger partial charge is 0.409 e. The molecule has 0 aromatic heterocycles. The van der Waals surface area contributed by atoms with Gasteiger partial charge < -0.3 is 16.3 Å². The molecule has 2 aliphatic carbocycles. The van der Waals surface area contributed by atoms with Crippen LogP contribution in [0.3, 0.4) is 0 Å². The first-order chi connectivity index (χ1) is 9.28. The van der Waals surface area contributed by atoms with Gasteiger partial charge in [0.05, 0.1) is 0 Å². The number of rotatable bonds is 4. The first-order valence-corrected chi connectivity index (χ1v) is 7.07. The zero-order valence-corrected chi connectivity index (χ0v) is 11.0. The summed E-state index contributed by atoms with van der Waals surface area (Å²) >= 11 is 0. The average Bonchev–Trinajstić information content (AvgIpc) is 3.07. The SMILES string of the molecule is NC(=NO)c1ccccc1CNC1CC2CCC1C2. The molecule has 0 spiro atoms. The Kier molecular flexibility index (Phi) is 3.42. The van der Waals surface area contributed by atoms with Crippen LogP contribution in [0.1, 0.15) is 36.8 Å². The summed E-state index contributed by atoms with van der Waals surface area (Å²) in [4.78, 5) is 0. The highest BCUT2D eigenvalue weighted by Gasteiger charge is 2.38. The lowest BCUT2D eigenvalue weighted by Crippen LogP contribution is -2.34. The van der Waals surface area contributed by atoms with Gasteiger partial charge in [0, 0.05) is 18.2 Å². The molecule has 0 radical (unpaired) electrons. The molecule has 0 amide bonds. The molecular weight excluding hydrogens is 238 g/mol. The molecule has 102 valence electrons. The molecule has 3 unspecified atom stereocenters. The number of nitrogens with one attached hydrogen (secondary N) is 1. The fourth-order valence-corrected chi connectivity index (χ4v) is 3.71. The van der Waals surface area contributed by atoms with Gasteiger partial charge in [0.25, 0.3) is 0 Å². The highest BCUT2D eigenvalue weighted by Crippen LogP contribution is 2.44. The summed E-state index contributed by atoms with van der Waals surface area (Å²) in [5.41, 5.74) is 7.63. The van der Waals surface area contributed by atoms with Crippen LogP contribution in [0.25, 0.3) is 0 Å². The van der Waals surface area contributed by atoms with Gasteiger partial charge in [-0.15, -0.1) is 0 Å². The molecule has 0 saturated heterocycles. The highest BCUT2D eigenvalue weighted by atomic mass is 16.4. The van der Waals surface area contributed by atoms with E-state index in [1.165, 1.54) is 25.7 Å². The predicted molar refractivity (Wildman–Crippen MR) is 75.0 cm³/mol. The van der Waals surface area contributed by atoms with Gasteiger partial charge >= 0.3 is 0 Å².